The number of nitro groups is 1. The highest BCUT2D eigenvalue weighted by Gasteiger charge is 2.22. The summed E-state index contributed by atoms with van der Waals surface area (Å²) in [5, 5.41) is 11.3. The summed E-state index contributed by atoms with van der Waals surface area (Å²) < 4.78 is 0. The highest BCUT2D eigenvalue weighted by atomic mass is 16.6. The summed E-state index contributed by atoms with van der Waals surface area (Å²) in [6, 6.07) is 5.18. The number of rotatable bonds is 8. The fraction of sp³-hybridized carbons (Fsp3) is 0.625. The Morgan fingerprint density at radius 3 is 2.10 bits per heavy atom. The number of nitrogens with two attached hydrogens (primary N) is 1. The molecule has 2 N–H and O–H groups in total. The second-order valence-corrected chi connectivity index (χ2v) is 6.32. The second kappa shape index (κ2) is 7.86. The Morgan fingerprint density at radius 2 is 1.67 bits per heavy atom. The van der Waals surface area contributed by atoms with Gasteiger partial charge in [-0.25, -0.2) is 0 Å². The number of nitro benzene ring substituents is 1. The zero-order valence-corrected chi connectivity index (χ0v) is 13.5. The molecule has 0 saturated heterocycles. The normalized spacial score (nSPS) is 11.1. The molecule has 1 rings (SSSR count). The number of benzene rings is 1. The molecule has 0 unspecified atom stereocenters. The maximum atomic E-state index is 11.3. The van der Waals surface area contributed by atoms with Crippen molar-refractivity contribution in [1.29, 1.82) is 0 Å². The predicted molar refractivity (Wildman–Crippen MR) is 88.6 cm³/mol. The highest BCUT2D eigenvalue weighted by Crippen LogP contribution is 2.34. The van der Waals surface area contributed by atoms with Crippen molar-refractivity contribution in [2.75, 3.05) is 23.7 Å². The van der Waals surface area contributed by atoms with Crippen LogP contribution in [0.3, 0.4) is 0 Å². The minimum atomic E-state index is -0.373. The van der Waals surface area contributed by atoms with Crippen molar-refractivity contribution < 1.29 is 4.92 Å². The molecule has 118 valence electrons. The van der Waals surface area contributed by atoms with Crippen molar-refractivity contribution in [2.45, 2.75) is 40.5 Å². The summed E-state index contributed by atoms with van der Waals surface area (Å²) >= 11 is 0. The van der Waals surface area contributed by atoms with E-state index in [2.05, 4.69) is 32.6 Å². The summed E-state index contributed by atoms with van der Waals surface area (Å²) in [4.78, 5) is 13.1. The van der Waals surface area contributed by atoms with Crippen LogP contribution >= 0.6 is 0 Å². The number of hydrogen-bond acceptors (Lipinski definition) is 4. The molecule has 5 nitrogen and oxygen atoms in total. The first kappa shape index (κ1) is 17.3. The predicted octanol–water partition coefficient (Wildman–Crippen LogP) is 4.08. The number of nitrogens with zero attached hydrogens (tertiary/aromatic N) is 2. The van der Waals surface area contributed by atoms with Crippen LogP contribution in [0.5, 0.6) is 0 Å². The van der Waals surface area contributed by atoms with E-state index in [1.807, 2.05) is 0 Å². The molecule has 1 aromatic carbocycles. The topological polar surface area (TPSA) is 72.4 Å². The van der Waals surface area contributed by atoms with Gasteiger partial charge in [0.1, 0.15) is 11.4 Å². The largest absolute Gasteiger partial charge is 0.393 e. The van der Waals surface area contributed by atoms with Gasteiger partial charge in [-0.2, -0.15) is 0 Å². The van der Waals surface area contributed by atoms with E-state index in [0.717, 1.165) is 25.9 Å². The van der Waals surface area contributed by atoms with Gasteiger partial charge in [0.2, 0.25) is 0 Å². The SMILES string of the molecule is CC(C)CCN(CCC(C)C)c1cccc(N)c1[N+](=O)[O-]. The lowest BCUT2D eigenvalue weighted by Crippen LogP contribution is -2.28. The van der Waals surface area contributed by atoms with Gasteiger partial charge in [0, 0.05) is 13.1 Å². The third-order valence-corrected chi connectivity index (χ3v) is 3.52. The van der Waals surface area contributed by atoms with E-state index in [1.54, 1.807) is 18.2 Å². The summed E-state index contributed by atoms with van der Waals surface area (Å²) in [6.45, 7) is 10.3. The van der Waals surface area contributed by atoms with Gasteiger partial charge in [0.25, 0.3) is 0 Å². The molecule has 0 heterocycles. The lowest BCUT2D eigenvalue weighted by atomic mass is 10.1. The van der Waals surface area contributed by atoms with Gasteiger partial charge in [-0.05, 0) is 36.8 Å². The van der Waals surface area contributed by atoms with Gasteiger partial charge >= 0.3 is 5.69 Å². The van der Waals surface area contributed by atoms with Gasteiger partial charge in [0.05, 0.1) is 4.92 Å². The molecule has 5 heteroatoms. The first-order chi connectivity index (χ1) is 9.82. The van der Waals surface area contributed by atoms with Crippen LogP contribution in [0.15, 0.2) is 18.2 Å². The monoisotopic (exact) mass is 293 g/mol. The Hall–Kier alpha value is -1.78. The van der Waals surface area contributed by atoms with E-state index >= 15 is 0 Å². The Bertz CT molecular complexity index is 461. The zero-order valence-electron chi connectivity index (χ0n) is 13.5. The molecule has 0 amide bonds. The average molecular weight is 293 g/mol. The molecule has 0 aliphatic heterocycles. The fourth-order valence-electron chi connectivity index (χ4n) is 2.18. The summed E-state index contributed by atoms with van der Waals surface area (Å²) in [5.41, 5.74) is 6.71. The van der Waals surface area contributed by atoms with Crippen molar-refractivity contribution in [2.24, 2.45) is 11.8 Å². The molecule has 0 aromatic heterocycles. The molecule has 0 bridgehead atoms. The van der Waals surface area contributed by atoms with Gasteiger partial charge in [-0.1, -0.05) is 33.8 Å². The lowest BCUT2D eigenvalue weighted by Gasteiger charge is -2.26. The molecule has 0 aliphatic rings. The highest BCUT2D eigenvalue weighted by molar-refractivity contribution is 5.75. The number of hydrogen-bond donors (Lipinski definition) is 1. The summed E-state index contributed by atoms with van der Waals surface area (Å²) in [6.07, 6.45) is 2.01. The molecule has 0 atom stereocenters. The second-order valence-electron chi connectivity index (χ2n) is 6.32. The molecular formula is C16H27N3O2. The van der Waals surface area contributed by atoms with E-state index < -0.39 is 0 Å². The van der Waals surface area contributed by atoms with Gasteiger partial charge in [-0.15, -0.1) is 0 Å². The zero-order chi connectivity index (χ0) is 16.0. The minimum absolute atomic E-state index is 0.0324. The van der Waals surface area contributed by atoms with Gasteiger partial charge in [-0.3, -0.25) is 10.1 Å². The summed E-state index contributed by atoms with van der Waals surface area (Å²) in [7, 11) is 0. The van der Waals surface area contributed by atoms with Crippen molar-refractivity contribution in [3.63, 3.8) is 0 Å². The van der Waals surface area contributed by atoms with Crippen molar-refractivity contribution in [3.05, 3.63) is 28.3 Å². The lowest BCUT2D eigenvalue weighted by molar-refractivity contribution is -0.383. The van der Waals surface area contributed by atoms with Crippen LogP contribution < -0.4 is 10.6 Å². The Morgan fingerprint density at radius 1 is 1.14 bits per heavy atom. The molecule has 0 fully saturated rings. The van der Waals surface area contributed by atoms with Gasteiger partial charge in [0.15, 0.2) is 0 Å². The third-order valence-electron chi connectivity index (χ3n) is 3.52. The van der Waals surface area contributed by atoms with Gasteiger partial charge < -0.3 is 10.6 Å². The molecular weight excluding hydrogens is 266 g/mol. The van der Waals surface area contributed by atoms with Crippen LogP contribution in [0.2, 0.25) is 0 Å². The van der Waals surface area contributed by atoms with Crippen molar-refractivity contribution in [3.8, 4) is 0 Å². The van der Waals surface area contributed by atoms with E-state index in [0.29, 0.717) is 17.5 Å². The first-order valence-corrected chi connectivity index (χ1v) is 7.60. The Balaban J connectivity index is 3.06. The first-order valence-electron chi connectivity index (χ1n) is 7.60. The van der Waals surface area contributed by atoms with E-state index in [1.165, 1.54) is 0 Å². The van der Waals surface area contributed by atoms with Crippen LogP contribution in [-0.4, -0.2) is 18.0 Å². The number of nitrogen functional groups attached to an aromatic ring is 1. The number of anilines is 2. The maximum Gasteiger partial charge on any atom is 0.315 e. The van der Waals surface area contributed by atoms with Crippen LogP contribution in [-0.2, 0) is 0 Å². The minimum Gasteiger partial charge on any atom is -0.393 e. The molecule has 1 aromatic rings. The molecule has 0 saturated carbocycles. The van der Waals surface area contributed by atoms with Crippen LogP contribution in [0.1, 0.15) is 40.5 Å². The summed E-state index contributed by atoms with van der Waals surface area (Å²) in [5.74, 6) is 1.12. The van der Waals surface area contributed by atoms with Crippen LogP contribution in [0.25, 0.3) is 0 Å². The molecule has 0 aliphatic carbocycles. The van der Waals surface area contributed by atoms with Crippen LogP contribution in [0.4, 0.5) is 17.1 Å². The Labute approximate surface area is 127 Å². The standard InChI is InChI=1S/C16H27N3O2/c1-12(2)8-10-18(11-9-13(3)4)15-7-5-6-14(17)16(15)19(20)21/h5-7,12-13H,8-11,17H2,1-4H3. The van der Waals surface area contributed by atoms with E-state index in [9.17, 15) is 10.1 Å². The Kier molecular flexibility index (Phi) is 6.46. The van der Waals surface area contributed by atoms with Crippen molar-refractivity contribution >= 4 is 17.1 Å². The van der Waals surface area contributed by atoms with Crippen LogP contribution in [0, 0.1) is 22.0 Å². The third kappa shape index (κ3) is 5.25. The maximum absolute atomic E-state index is 11.3. The number of para-hydroxylation sites is 1. The fourth-order valence-corrected chi connectivity index (χ4v) is 2.18. The smallest absolute Gasteiger partial charge is 0.315 e. The van der Waals surface area contributed by atoms with E-state index in [-0.39, 0.29) is 16.3 Å². The quantitative estimate of drug-likeness (QED) is 0.445. The van der Waals surface area contributed by atoms with Crippen molar-refractivity contribution in [1.82, 2.24) is 0 Å². The molecule has 0 spiro atoms. The molecule has 0 radical (unpaired) electrons. The molecule has 21 heavy (non-hydrogen) atoms. The van der Waals surface area contributed by atoms with E-state index in [4.69, 9.17) is 5.73 Å². The average Bonchev–Trinajstić information content (AvgIpc) is 2.37.